The summed E-state index contributed by atoms with van der Waals surface area (Å²) in [5.74, 6) is 0. The third kappa shape index (κ3) is 2.96. The highest BCUT2D eigenvalue weighted by molar-refractivity contribution is 5.03. The van der Waals surface area contributed by atoms with Crippen molar-refractivity contribution in [2.75, 3.05) is 26.2 Å². The molecule has 14 heavy (non-hydrogen) atoms. The third-order valence-corrected chi connectivity index (χ3v) is 3.30. The molecule has 0 saturated carbocycles. The smallest absolute Gasteiger partial charge is 0.0406 e. The van der Waals surface area contributed by atoms with Gasteiger partial charge >= 0.3 is 0 Å². The van der Waals surface area contributed by atoms with Crippen molar-refractivity contribution in [2.24, 2.45) is 0 Å². The normalized spacial score (nSPS) is 28.3. The van der Waals surface area contributed by atoms with Gasteiger partial charge < -0.3 is 5.32 Å². The SMILES string of the molecule is C1C[C]2CCN2C1.[CH]1CCCNCC1. The third-order valence-electron chi connectivity index (χ3n) is 3.30. The molecule has 0 aromatic rings. The maximum absolute atomic E-state index is 3.32. The monoisotopic (exact) mass is 194 g/mol. The molecule has 2 radical (unpaired) electrons. The maximum Gasteiger partial charge on any atom is 0.0406 e. The molecule has 2 heteroatoms. The van der Waals surface area contributed by atoms with Crippen LogP contribution in [0.2, 0.25) is 0 Å². The molecule has 3 saturated heterocycles. The van der Waals surface area contributed by atoms with E-state index in [1.165, 1.54) is 64.7 Å². The Hall–Kier alpha value is -0.0800. The van der Waals surface area contributed by atoms with Gasteiger partial charge in [-0.1, -0.05) is 0 Å². The van der Waals surface area contributed by atoms with E-state index in [4.69, 9.17) is 0 Å². The van der Waals surface area contributed by atoms with Gasteiger partial charge in [-0.25, -0.2) is 0 Å². The first-order valence-corrected chi connectivity index (χ1v) is 6.09. The van der Waals surface area contributed by atoms with Gasteiger partial charge in [0.25, 0.3) is 0 Å². The molecule has 1 N–H and O–H groups in total. The number of nitrogens with one attached hydrogen (secondary N) is 1. The summed E-state index contributed by atoms with van der Waals surface area (Å²) < 4.78 is 0. The average Bonchev–Trinajstić information content (AvgIpc) is 2.48. The predicted molar refractivity (Wildman–Crippen MR) is 59.7 cm³/mol. The van der Waals surface area contributed by atoms with Crippen molar-refractivity contribution in [1.82, 2.24) is 10.2 Å². The largest absolute Gasteiger partial charge is 0.317 e. The van der Waals surface area contributed by atoms with Gasteiger partial charge in [-0.05, 0) is 64.6 Å². The molecular weight excluding hydrogens is 172 g/mol. The van der Waals surface area contributed by atoms with Crippen LogP contribution in [0, 0.1) is 12.5 Å². The zero-order valence-electron chi connectivity index (χ0n) is 9.10. The molecule has 80 valence electrons. The van der Waals surface area contributed by atoms with Crippen molar-refractivity contribution in [3.05, 3.63) is 12.5 Å². The Labute approximate surface area is 88.1 Å². The lowest BCUT2D eigenvalue weighted by molar-refractivity contribution is 0.231. The molecule has 0 amide bonds. The highest BCUT2D eigenvalue weighted by atomic mass is 15.2. The molecule has 3 aliphatic rings. The summed E-state index contributed by atoms with van der Waals surface area (Å²) >= 11 is 0. The zero-order valence-corrected chi connectivity index (χ0v) is 9.10. The van der Waals surface area contributed by atoms with Gasteiger partial charge in [-0.3, -0.25) is 4.90 Å². The quantitative estimate of drug-likeness (QED) is 0.634. The first kappa shape index (κ1) is 10.4. The number of hydrogen-bond acceptors (Lipinski definition) is 2. The topological polar surface area (TPSA) is 15.3 Å². The number of rotatable bonds is 0. The van der Waals surface area contributed by atoms with Crippen LogP contribution in [0.5, 0.6) is 0 Å². The summed E-state index contributed by atoms with van der Waals surface area (Å²) in [6.45, 7) is 5.13. The lowest BCUT2D eigenvalue weighted by Gasteiger charge is -2.33. The Morgan fingerprint density at radius 1 is 1.00 bits per heavy atom. The number of hydrogen-bond donors (Lipinski definition) is 1. The summed E-state index contributed by atoms with van der Waals surface area (Å²) in [7, 11) is 0. The van der Waals surface area contributed by atoms with E-state index < -0.39 is 0 Å². The second-order valence-corrected chi connectivity index (χ2v) is 4.38. The highest BCUT2D eigenvalue weighted by Crippen LogP contribution is 2.34. The molecule has 0 aromatic carbocycles. The van der Waals surface area contributed by atoms with Crippen molar-refractivity contribution in [1.29, 1.82) is 0 Å². The van der Waals surface area contributed by atoms with E-state index in [-0.39, 0.29) is 0 Å². The van der Waals surface area contributed by atoms with E-state index in [0.29, 0.717) is 0 Å². The van der Waals surface area contributed by atoms with Crippen molar-refractivity contribution in [2.45, 2.75) is 38.5 Å². The Bertz CT molecular complexity index is 129. The van der Waals surface area contributed by atoms with Crippen LogP contribution < -0.4 is 5.32 Å². The first-order valence-electron chi connectivity index (χ1n) is 6.09. The molecule has 0 unspecified atom stereocenters. The summed E-state index contributed by atoms with van der Waals surface area (Å²) in [6.07, 6.45) is 10.5. The Balaban J connectivity index is 0.000000107. The average molecular weight is 194 g/mol. The van der Waals surface area contributed by atoms with Gasteiger partial charge in [0.15, 0.2) is 0 Å². The molecule has 3 fully saturated rings. The van der Waals surface area contributed by atoms with Crippen LogP contribution in [0.1, 0.15) is 38.5 Å². The van der Waals surface area contributed by atoms with Crippen LogP contribution in [0.25, 0.3) is 0 Å². The molecule has 2 nitrogen and oxygen atoms in total. The molecular formula is C12H22N2. The van der Waals surface area contributed by atoms with Gasteiger partial charge in [0, 0.05) is 12.6 Å². The fourth-order valence-electron chi connectivity index (χ4n) is 2.30. The summed E-state index contributed by atoms with van der Waals surface area (Å²) in [5, 5.41) is 3.32. The fraction of sp³-hybridized carbons (Fsp3) is 0.833. The van der Waals surface area contributed by atoms with Crippen molar-refractivity contribution in [3.63, 3.8) is 0 Å². The van der Waals surface area contributed by atoms with Crippen LogP contribution in [-0.2, 0) is 0 Å². The van der Waals surface area contributed by atoms with Gasteiger partial charge in [0.05, 0.1) is 0 Å². The Morgan fingerprint density at radius 2 is 2.00 bits per heavy atom. The van der Waals surface area contributed by atoms with Crippen molar-refractivity contribution < 1.29 is 0 Å². The van der Waals surface area contributed by atoms with E-state index in [2.05, 4.69) is 16.6 Å². The van der Waals surface area contributed by atoms with Gasteiger partial charge in [0.2, 0.25) is 0 Å². The van der Waals surface area contributed by atoms with E-state index in [9.17, 15) is 0 Å². The minimum Gasteiger partial charge on any atom is -0.317 e. The maximum atomic E-state index is 3.32. The minimum absolute atomic E-state index is 1.19. The standard InChI is InChI=1S/C6H10N.C6H12N/c1-2-6-3-5-7(6)4-1;1-2-4-6-7-5-3-1/h1-5H2;1,7H,2-6H2. The predicted octanol–water partition coefficient (Wildman–Crippen LogP) is 1.98. The number of fused-ring (bicyclic) bond motifs is 1. The lowest BCUT2D eigenvalue weighted by atomic mass is 10.1. The lowest BCUT2D eigenvalue weighted by Crippen LogP contribution is -2.35. The second kappa shape index (κ2) is 5.72. The van der Waals surface area contributed by atoms with E-state index >= 15 is 0 Å². The highest BCUT2D eigenvalue weighted by Gasteiger charge is 2.32. The molecule has 0 spiro atoms. The fourth-order valence-corrected chi connectivity index (χ4v) is 2.30. The van der Waals surface area contributed by atoms with E-state index in [1.54, 1.807) is 6.04 Å². The Kier molecular flexibility index (Phi) is 4.26. The van der Waals surface area contributed by atoms with Crippen LogP contribution in [0.3, 0.4) is 0 Å². The van der Waals surface area contributed by atoms with Crippen LogP contribution >= 0.6 is 0 Å². The molecule has 3 rings (SSSR count). The van der Waals surface area contributed by atoms with Crippen LogP contribution in [-0.4, -0.2) is 31.1 Å². The van der Waals surface area contributed by atoms with Crippen molar-refractivity contribution >= 4 is 0 Å². The van der Waals surface area contributed by atoms with Gasteiger partial charge in [0.1, 0.15) is 0 Å². The summed E-state index contributed by atoms with van der Waals surface area (Å²) in [5.41, 5.74) is 0. The van der Waals surface area contributed by atoms with Crippen LogP contribution in [0.4, 0.5) is 0 Å². The number of nitrogens with zero attached hydrogens (tertiary/aromatic N) is 1. The summed E-state index contributed by atoms with van der Waals surface area (Å²) in [6, 6.07) is 1.72. The Morgan fingerprint density at radius 3 is 2.64 bits per heavy atom. The molecule has 0 aromatic heterocycles. The molecule has 3 aliphatic heterocycles. The van der Waals surface area contributed by atoms with Gasteiger partial charge in [-0.2, -0.15) is 0 Å². The van der Waals surface area contributed by atoms with Gasteiger partial charge in [-0.15, -0.1) is 0 Å². The molecule has 0 aliphatic carbocycles. The molecule has 3 heterocycles. The minimum atomic E-state index is 1.19. The second-order valence-electron chi connectivity index (χ2n) is 4.38. The first-order chi connectivity index (χ1) is 6.97. The van der Waals surface area contributed by atoms with E-state index in [1.807, 2.05) is 0 Å². The molecule has 0 bridgehead atoms. The molecule has 0 atom stereocenters. The van der Waals surface area contributed by atoms with E-state index in [0.717, 1.165) is 0 Å². The van der Waals surface area contributed by atoms with Crippen molar-refractivity contribution in [3.8, 4) is 0 Å². The zero-order chi connectivity index (χ0) is 9.64. The summed E-state index contributed by atoms with van der Waals surface area (Å²) in [4.78, 5) is 2.50. The van der Waals surface area contributed by atoms with Crippen LogP contribution in [0.15, 0.2) is 0 Å².